The Labute approximate surface area is 35.2 Å². The Morgan fingerprint density at radius 2 is 2.67 bits per heavy atom. The van der Waals surface area contributed by atoms with Crippen LogP contribution in [-0.2, 0) is 0 Å². The monoisotopic (exact) mass is 84.0 g/mol. The lowest BCUT2D eigenvalue weighted by Gasteiger charge is -1.84. The predicted octanol–water partition coefficient (Wildman–Crippen LogP) is 0.476. The topological polar surface area (TPSA) is 38.4 Å². The van der Waals surface area contributed by atoms with E-state index < -0.39 is 0 Å². The third-order valence-corrected chi connectivity index (χ3v) is 0.562. The summed E-state index contributed by atoms with van der Waals surface area (Å²) in [6, 6.07) is 0. The molecule has 0 fully saturated rings. The van der Waals surface area contributed by atoms with Gasteiger partial charge in [0.25, 0.3) is 0 Å². The molecule has 0 atom stereocenters. The van der Waals surface area contributed by atoms with Gasteiger partial charge in [-0.2, -0.15) is 0 Å². The van der Waals surface area contributed by atoms with Gasteiger partial charge in [0, 0.05) is 6.08 Å². The molecule has 0 saturated carbocycles. The Balaban J connectivity index is 2.61. The van der Waals surface area contributed by atoms with Crippen molar-refractivity contribution < 1.29 is 4.86 Å². The predicted molar refractivity (Wildman–Crippen MR) is 20.1 cm³/mol. The highest BCUT2D eigenvalue weighted by atomic mass is 16.5. The molecule has 0 unspecified atom stereocenters. The molecular weight excluding hydrogens is 80.0 g/mol. The summed E-state index contributed by atoms with van der Waals surface area (Å²) >= 11 is 0. The summed E-state index contributed by atoms with van der Waals surface area (Å²) in [5.41, 5.74) is 0. The molecule has 0 aromatic carbocycles. The van der Waals surface area contributed by atoms with Crippen molar-refractivity contribution in [2.45, 2.75) is 0 Å². The lowest BCUT2D eigenvalue weighted by Crippen LogP contribution is -1.91. The first-order valence-electron chi connectivity index (χ1n) is 1.70. The van der Waals surface area contributed by atoms with Crippen molar-refractivity contribution in [3.63, 3.8) is 0 Å². The average molecular weight is 84.1 g/mol. The van der Waals surface area contributed by atoms with Crippen LogP contribution in [0.15, 0.2) is 17.4 Å². The molecule has 0 N–H and O–H groups in total. The molecule has 3 nitrogen and oxygen atoms in total. The first-order valence-corrected chi connectivity index (χ1v) is 1.70. The van der Waals surface area contributed by atoms with E-state index in [1.807, 2.05) is 0 Å². The maximum Gasteiger partial charge on any atom is 0.201 e. The molecule has 3 heteroatoms. The Kier molecular flexibility index (Phi) is 0.602. The lowest BCUT2D eigenvalue weighted by atomic mass is 10.6. The third-order valence-electron chi connectivity index (χ3n) is 0.562. The van der Waals surface area contributed by atoms with E-state index in [1.165, 1.54) is 6.20 Å². The van der Waals surface area contributed by atoms with E-state index in [0.29, 0.717) is 11.4 Å². The van der Waals surface area contributed by atoms with Gasteiger partial charge in [-0.15, -0.1) is 0 Å². The van der Waals surface area contributed by atoms with Crippen LogP contribution in [0.4, 0.5) is 0 Å². The molecule has 0 saturated heterocycles. The smallest absolute Gasteiger partial charge is 0.201 e. The second kappa shape index (κ2) is 1.08. The normalized spacial score (nSPS) is 18.3. The molecular formula is C3H4N2O. The fraction of sp³-hybridized carbons (Fsp3) is 0.333. The second-order valence-electron chi connectivity index (χ2n) is 1.03. The van der Waals surface area contributed by atoms with Gasteiger partial charge in [-0.1, -0.05) is 4.86 Å². The van der Waals surface area contributed by atoms with Gasteiger partial charge >= 0.3 is 0 Å². The van der Waals surface area contributed by atoms with Crippen LogP contribution in [0.5, 0.6) is 0 Å². The minimum Gasteiger partial charge on any atom is -0.599 e. The van der Waals surface area contributed by atoms with E-state index in [9.17, 15) is 5.21 Å². The highest BCUT2D eigenvalue weighted by molar-refractivity contribution is 4.78. The molecule has 1 aliphatic rings. The largest absolute Gasteiger partial charge is 0.599 e. The first-order chi connectivity index (χ1) is 2.89. The summed E-state index contributed by atoms with van der Waals surface area (Å²) in [5.74, 6) is 0. The molecule has 0 aromatic heterocycles. The van der Waals surface area contributed by atoms with E-state index in [2.05, 4.69) is 5.11 Å². The van der Waals surface area contributed by atoms with Crippen molar-refractivity contribution in [3.05, 3.63) is 17.5 Å². The van der Waals surface area contributed by atoms with E-state index in [4.69, 9.17) is 0 Å². The van der Waals surface area contributed by atoms with Gasteiger partial charge in [-0.05, 0) is 5.11 Å². The molecule has 32 valence electrons. The van der Waals surface area contributed by atoms with Crippen LogP contribution in [0.1, 0.15) is 0 Å². The molecule has 0 radical (unpaired) electrons. The summed E-state index contributed by atoms with van der Waals surface area (Å²) in [6.45, 7) is 0.417. The SMILES string of the molecule is [O-][N+]1=NC=CC1. The van der Waals surface area contributed by atoms with Crippen molar-refractivity contribution in [1.29, 1.82) is 0 Å². The van der Waals surface area contributed by atoms with Crippen molar-refractivity contribution in [1.82, 2.24) is 0 Å². The Morgan fingerprint density at radius 1 is 1.83 bits per heavy atom. The molecule has 0 aliphatic carbocycles. The van der Waals surface area contributed by atoms with Crippen LogP contribution in [0.2, 0.25) is 0 Å². The van der Waals surface area contributed by atoms with Crippen LogP contribution in [0.25, 0.3) is 0 Å². The molecule has 1 rings (SSSR count). The van der Waals surface area contributed by atoms with Crippen LogP contribution >= 0.6 is 0 Å². The summed E-state index contributed by atoms with van der Waals surface area (Å²) in [5, 5.41) is 13.3. The third kappa shape index (κ3) is 0.381. The van der Waals surface area contributed by atoms with Gasteiger partial charge in [0.15, 0.2) is 0 Å². The Hall–Kier alpha value is -0.860. The van der Waals surface area contributed by atoms with Gasteiger partial charge in [-0.25, -0.2) is 0 Å². The maximum absolute atomic E-state index is 9.93. The lowest BCUT2D eigenvalue weighted by molar-refractivity contribution is -0.509. The van der Waals surface area contributed by atoms with Crippen LogP contribution in [0.3, 0.4) is 0 Å². The highest BCUT2D eigenvalue weighted by Crippen LogP contribution is 1.87. The maximum atomic E-state index is 9.93. The number of nitrogens with zero attached hydrogens (tertiary/aromatic N) is 2. The summed E-state index contributed by atoms with van der Waals surface area (Å²) in [6.07, 6.45) is 3.19. The standard InChI is InChI=1S/C3H4N2O/c6-5-3-1-2-4-5/h1-2H,3H2. The fourth-order valence-corrected chi connectivity index (χ4v) is 0.306. The quantitative estimate of drug-likeness (QED) is 0.310. The van der Waals surface area contributed by atoms with Crippen LogP contribution in [-0.4, -0.2) is 11.4 Å². The fourth-order valence-electron chi connectivity index (χ4n) is 0.306. The van der Waals surface area contributed by atoms with Crippen molar-refractivity contribution in [2.24, 2.45) is 5.11 Å². The molecule has 0 spiro atoms. The van der Waals surface area contributed by atoms with E-state index >= 15 is 0 Å². The second-order valence-corrected chi connectivity index (χ2v) is 1.03. The van der Waals surface area contributed by atoms with Gasteiger partial charge in [-0.3, -0.25) is 0 Å². The Bertz CT molecular complexity index is 105. The van der Waals surface area contributed by atoms with Gasteiger partial charge in [0.05, 0.1) is 6.20 Å². The zero-order valence-corrected chi connectivity index (χ0v) is 3.16. The molecule has 6 heavy (non-hydrogen) atoms. The average Bonchev–Trinajstić information content (AvgIpc) is 1.86. The number of rotatable bonds is 0. The summed E-state index contributed by atoms with van der Waals surface area (Å²) in [7, 11) is 0. The Morgan fingerprint density at radius 3 is 2.83 bits per heavy atom. The van der Waals surface area contributed by atoms with Crippen molar-refractivity contribution in [2.75, 3.05) is 6.54 Å². The van der Waals surface area contributed by atoms with Crippen molar-refractivity contribution in [3.8, 4) is 0 Å². The van der Waals surface area contributed by atoms with E-state index in [-0.39, 0.29) is 0 Å². The zero-order valence-electron chi connectivity index (χ0n) is 3.16. The highest BCUT2D eigenvalue weighted by Gasteiger charge is 1.92. The molecule has 0 aromatic rings. The van der Waals surface area contributed by atoms with Gasteiger partial charge < -0.3 is 5.21 Å². The van der Waals surface area contributed by atoms with Crippen molar-refractivity contribution >= 4 is 0 Å². The first kappa shape index (κ1) is 3.33. The number of hydrogen-bond donors (Lipinski definition) is 0. The minimum atomic E-state index is 0.417. The summed E-state index contributed by atoms with van der Waals surface area (Å²) in [4.78, 5) is 0.625. The van der Waals surface area contributed by atoms with Crippen LogP contribution < -0.4 is 0 Å². The van der Waals surface area contributed by atoms with E-state index in [1.54, 1.807) is 6.08 Å². The number of hydroxylamine groups is 1. The molecule has 0 amide bonds. The molecule has 1 aliphatic heterocycles. The minimum absolute atomic E-state index is 0.417. The van der Waals surface area contributed by atoms with Gasteiger partial charge in [0.1, 0.15) is 0 Å². The van der Waals surface area contributed by atoms with E-state index in [0.717, 1.165) is 0 Å². The number of azo groups is 1. The number of hydrogen-bond acceptors (Lipinski definition) is 2. The van der Waals surface area contributed by atoms with Gasteiger partial charge in [0.2, 0.25) is 6.54 Å². The molecule has 0 bridgehead atoms. The van der Waals surface area contributed by atoms with Crippen LogP contribution in [0, 0.1) is 5.21 Å². The zero-order chi connectivity index (χ0) is 4.41. The summed E-state index contributed by atoms with van der Waals surface area (Å²) < 4.78 is 0. The molecule has 1 heterocycles.